The molecular weight excluding hydrogens is 232 g/mol. The zero-order valence-electron chi connectivity index (χ0n) is 11.9. The summed E-state index contributed by atoms with van der Waals surface area (Å²) in [7, 11) is 1.64. The van der Waals surface area contributed by atoms with Crippen LogP contribution in [0.4, 0.5) is 0 Å². The van der Waals surface area contributed by atoms with Crippen molar-refractivity contribution in [3.63, 3.8) is 0 Å². The van der Waals surface area contributed by atoms with E-state index in [1.165, 1.54) is 0 Å². The van der Waals surface area contributed by atoms with E-state index < -0.39 is 11.6 Å². The zero-order chi connectivity index (χ0) is 13.9. The molecule has 0 spiro atoms. The number of nitrogens with one attached hydrogen (secondary N) is 1. The van der Waals surface area contributed by atoms with Crippen molar-refractivity contribution in [1.29, 1.82) is 0 Å². The summed E-state index contributed by atoms with van der Waals surface area (Å²) >= 11 is 0. The Labute approximate surface area is 109 Å². The number of hydrogen-bond acceptors (Lipinski definition) is 3. The summed E-state index contributed by atoms with van der Waals surface area (Å²) in [5.41, 5.74) is -0.773. The topological polar surface area (TPSA) is 58.6 Å². The average Bonchev–Trinajstić information content (AvgIpc) is 2.34. The quantitative estimate of drug-likeness (QED) is 0.796. The van der Waals surface area contributed by atoms with Gasteiger partial charge >= 0.3 is 0 Å². The molecule has 1 fully saturated rings. The Morgan fingerprint density at radius 3 is 2.61 bits per heavy atom. The molecule has 2 amide bonds. The lowest BCUT2D eigenvalue weighted by atomic mass is 9.91. The third-order valence-electron chi connectivity index (χ3n) is 3.82. The summed E-state index contributed by atoms with van der Waals surface area (Å²) in [5, 5.41) is 2.82. The Balaban J connectivity index is 2.91. The van der Waals surface area contributed by atoms with Gasteiger partial charge in [0.1, 0.15) is 11.6 Å². The molecule has 1 aliphatic heterocycles. The number of methoxy groups -OCH3 is 1. The van der Waals surface area contributed by atoms with Gasteiger partial charge < -0.3 is 15.0 Å². The van der Waals surface area contributed by atoms with Crippen molar-refractivity contribution in [2.75, 3.05) is 13.7 Å². The summed E-state index contributed by atoms with van der Waals surface area (Å²) in [5.74, 6) is -0.0797. The molecule has 1 aliphatic rings. The molecule has 0 saturated carbocycles. The predicted octanol–water partition coefficient (Wildman–Crippen LogP) is 0.927. The first-order chi connectivity index (χ1) is 8.37. The van der Waals surface area contributed by atoms with Crippen LogP contribution < -0.4 is 5.32 Å². The second-order valence-electron chi connectivity index (χ2n) is 5.19. The van der Waals surface area contributed by atoms with E-state index >= 15 is 0 Å². The lowest BCUT2D eigenvalue weighted by Crippen LogP contribution is -2.69. The average molecular weight is 256 g/mol. The number of amides is 2. The van der Waals surface area contributed by atoms with Gasteiger partial charge in [-0.05, 0) is 33.6 Å². The van der Waals surface area contributed by atoms with Crippen LogP contribution in [0.25, 0.3) is 0 Å². The Hall–Kier alpha value is -1.10. The molecule has 1 heterocycles. The number of ether oxygens (including phenoxy) is 1. The summed E-state index contributed by atoms with van der Waals surface area (Å²) in [6.45, 7) is 8.01. The monoisotopic (exact) mass is 256 g/mol. The van der Waals surface area contributed by atoms with Crippen molar-refractivity contribution in [3.8, 4) is 0 Å². The molecule has 5 heteroatoms. The van der Waals surface area contributed by atoms with Gasteiger partial charge in [-0.15, -0.1) is 0 Å². The standard InChI is InChI=1S/C13H24N2O3/c1-6-13(4)12(17)15(9(2)7-8-18-5)10(3)11(16)14-13/h9-10H,6-8H2,1-5H3,(H,14,16). The zero-order valence-corrected chi connectivity index (χ0v) is 11.9. The van der Waals surface area contributed by atoms with Crippen molar-refractivity contribution >= 4 is 11.8 Å². The van der Waals surface area contributed by atoms with Gasteiger partial charge in [0.05, 0.1) is 0 Å². The van der Waals surface area contributed by atoms with E-state index in [1.54, 1.807) is 25.9 Å². The molecule has 0 aromatic rings. The van der Waals surface area contributed by atoms with Gasteiger partial charge in [-0.2, -0.15) is 0 Å². The lowest BCUT2D eigenvalue weighted by Gasteiger charge is -2.45. The van der Waals surface area contributed by atoms with Gasteiger partial charge in [0, 0.05) is 19.8 Å². The minimum absolute atomic E-state index is 0.000651. The lowest BCUT2D eigenvalue weighted by molar-refractivity contribution is -0.156. The van der Waals surface area contributed by atoms with Crippen LogP contribution >= 0.6 is 0 Å². The summed E-state index contributed by atoms with van der Waals surface area (Å²) in [6, 6.07) is -0.409. The molecule has 5 nitrogen and oxygen atoms in total. The third kappa shape index (κ3) is 2.66. The van der Waals surface area contributed by atoms with Crippen molar-refractivity contribution in [2.45, 2.75) is 58.2 Å². The first-order valence-corrected chi connectivity index (χ1v) is 6.51. The molecular formula is C13H24N2O3. The van der Waals surface area contributed by atoms with Crippen LogP contribution in [0.5, 0.6) is 0 Å². The molecule has 0 aromatic heterocycles. The van der Waals surface area contributed by atoms with Crippen LogP contribution in [0.3, 0.4) is 0 Å². The summed E-state index contributed by atoms with van der Waals surface area (Å²) in [4.78, 5) is 26.2. The normalized spacial score (nSPS) is 30.3. The van der Waals surface area contributed by atoms with E-state index in [0.717, 1.165) is 6.42 Å². The Morgan fingerprint density at radius 1 is 1.50 bits per heavy atom. The van der Waals surface area contributed by atoms with Crippen LogP contribution in [0.15, 0.2) is 0 Å². The second kappa shape index (κ2) is 5.69. The summed E-state index contributed by atoms with van der Waals surface area (Å²) in [6.07, 6.45) is 1.33. The van der Waals surface area contributed by atoms with E-state index in [0.29, 0.717) is 13.0 Å². The van der Waals surface area contributed by atoms with Crippen molar-refractivity contribution in [3.05, 3.63) is 0 Å². The fraction of sp³-hybridized carbons (Fsp3) is 0.846. The summed E-state index contributed by atoms with van der Waals surface area (Å²) < 4.78 is 5.04. The minimum Gasteiger partial charge on any atom is -0.385 e. The molecule has 1 saturated heterocycles. The van der Waals surface area contributed by atoms with Gasteiger partial charge in [-0.25, -0.2) is 0 Å². The molecule has 3 atom stereocenters. The maximum absolute atomic E-state index is 12.5. The first-order valence-electron chi connectivity index (χ1n) is 6.51. The van der Waals surface area contributed by atoms with Gasteiger partial charge in [0.15, 0.2) is 0 Å². The largest absolute Gasteiger partial charge is 0.385 e. The molecule has 1 N–H and O–H groups in total. The van der Waals surface area contributed by atoms with Gasteiger partial charge in [0.25, 0.3) is 0 Å². The second-order valence-corrected chi connectivity index (χ2v) is 5.19. The SMILES string of the molecule is CCC1(C)NC(=O)C(C)N(C(C)CCOC)C1=O. The highest BCUT2D eigenvalue weighted by atomic mass is 16.5. The smallest absolute Gasteiger partial charge is 0.248 e. The molecule has 3 unspecified atom stereocenters. The van der Waals surface area contributed by atoms with E-state index in [1.807, 2.05) is 13.8 Å². The molecule has 0 radical (unpaired) electrons. The highest BCUT2D eigenvalue weighted by Gasteiger charge is 2.46. The molecule has 0 bridgehead atoms. The van der Waals surface area contributed by atoms with Crippen LogP contribution in [-0.2, 0) is 14.3 Å². The fourth-order valence-electron chi connectivity index (χ4n) is 2.27. The predicted molar refractivity (Wildman–Crippen MR) is 69.1 cm³/mol. The maximum Gasteiger partial charge on any atom is 0.248 e. The van der Waals surface area contributed by atoms with Gasteiger partial charge in [-0.1, -0.05) is 6.92 Å². The number of rotatable bonds is 5. The van der Waals surface area contributed by atoms with Crippen LogP contribution in [-0.4, -0.2) is 48.1 Å². The number of piperazine rings is 1. The third-order valence-corrected chi connectivity index (χ3v) is 3.82. The molecule has 0 aromatic carbocycles. The van der Waals surface area contributed by atoms with Crippen LogP contribution in [0, 0.1) is 0 Å². The number of carbonyl (C=O) groups excluding carboxylic acids is 2. The van der Waals surface area contributed by atoms with E-state index in [4.69, 9.17) is 4.74 Å². The Kier molecular flexibility index (Phi) is 4.73. The number of nitrogens with zero attached hydrogens (tertiary/aromatic N) is 1. The highest BCUT2D eigenvalue weighted by molar-refractivity contribution is 5.99. The fourth-order valence-corrected chi connectivity index (χ4v) is 2.27. The van der Waals surface area contributed by atoms with E-state index in [-0.39, 0.29) is 17.9 Å². The molecule has 104 valence electrons. The first kappa shape index (κ1) is 15.0. The minimum atomic E-state index is -0.773. The number of hydrogen-bond donors (Lipinski definition) is 1. The highest BCUT2D eigenvalue weighted by Crippen LogP contribution is 2.24. The molecule has 0 aliphatic carbocycles. The molecule has 18 heavy (non-hydrogen) atoms. The Morgan fingerprint density at radius 2 is 2.11 bits per heavy atom. The van der Waals surface area contributed by atoms with Gasteiger partial charge in [-0.3, -0.25) is 9.59 Å². The Bertz CT molecular complexity index is 332. The number of carbonyl (C=O) groups is 2. The maximum atomic E-state index is 12.5. The van der Waals surface area contributed by atoms with Crippen LogP contribution in [0.1, 0.15) is 40.5 Å². The van der Waals surface area contributed by atoms with E-state index in [2.05, 4.69) is 5.32 Å². The van der Waals surface area contributed by atoms with Crippen molar-refractivity contribution < 1.29 is 14.3 Å². The van der Waals surface area contributed by atoms with Crippen molar-refractivity contribution in [1.82, 2.24) is 10.2 Å². The van der Waals surface area contributed by atoms with E-state index in [9.17, 15) is 9.59 Å². The van der Waals surface area contributed by atoms with Crippen molar-refractivity contribution in [2.24, 2.45) is 0 Å². The van der Waals surface area contributed by atoms with Gasteiger partial charge in [0.2, 0.25) is 11.8 Å². The van der Waals surface area contributed by atoms with Crippen LogP contribution in [0.2, 0.25) is 0 Å². The molecule has 1 rings (SSSR count).